The molecule has 0 aliphatic carbocycles. The fraction of sp³-hybridized carbons (Fsp3) is 0.763. The van der Waals surface area contributed by atoms with Crippen LogP contribution in [0, 0.1) is 0 Å². The summed E-state index contributed by atoms with van der Waals surface area (Å²) in [5.41, 5.74) is 1.38. The van der Waals surface area contributed by atoms with Crippen molar-refractivity contribution >= 4 is 5.97 Å². The van der Waals surface area contributed by atoms with Gasteiger partial charge < -0.3 is 84.6 Å². The van der Waals surface area contributed by atoms with Gasteiger partial charge in [-0.3, -0.25) is 0 Å². The minimum absolute atomic E-state index is 0.262. The quantitative estimate of drug-likeness (QED) is 0.0386. The summed E-state index contributed by atoms with van der Waals surface area (Å²) in [6.45, 7) is 9.09. The Hall–Kier alpha value is -2.21. The Morgan fingerprint density at radius 2 is 1.07 bits per heavy atom. The second kappa shape index (κ2) is 22.2. The van der Waals surface area contributed by atoms with Crippen molar-refractivity contribution in [2.75, 3.05) is 19.8 Å². The highest BCUT2D eigenvalue weighted by atomic mass is 16.8. The van der Waals surface area contributed by atoms with Crippen LogP contribution >= 0.6 is 0 Å². The number of hydrogen-bond donors (Lipinski definition) is 11. The number of carbonyl (C=O) groups is 1. The van der Waals surface area contributed by atoms with Gasteiger partial charge in [-0.1, -0.05) is 35.5 Å². The smallest absolute Gasteiger partial charge is 0.335 e. The zero-order valence-corrected chi connectivity index (χ0v) is 32.3. The van der Waals surface area contributed by atoms with Gasteiger partial charge in [0.05, 0.1) is 25.4 Å². The monoisotopic (exact) mass is 806 g/mol. The molecule has 322 valence electrons. The first-order valence-electron chi connectivity index (χ1n) is 18.8. The van der Waals surface area contributed by atoms with Gasteiger partial charge in [-0.15, -0.1) is 6.58 Å². The van der Waals surface area contributed by atoms with Crippen molar-refractivity contribution in [2.45, 2.75) is 164 Å². The van der Waals surface area contributed by atoms with Crippen molar-refractivity contribution in [3.8, 4) is 0 Å². The van der Waals surface area contributed by atoms with E-state index in [2.05, 4.69) is 12.7 Å². The van der Waals surface area contributed by atoms with Crippen LogP contribution in [0.5, 0.6) is 0 Å². The summed E-state index contributed by atoms with van der Waals surface area (Å²) in [6, 6.07) is 0. The lowest BCUT2D eigenvalue weighted by molar-refractivity contribution is -0.375. The molecule has 0 aromatic heterocycles. The van der Waals surface area contributed by atoms with E-state index in [1.165, 1.54) is 6.08 Å². The number of hydrogen-bond acceptors (Lipinski definition) is 18. The van der Waals surface area contributed by atoms with Gasteiger partial charge in [-0.25, -0.2) is 4.79 Å². The molecule has 0 spiro atoms. The molecule has 3 fully saturated rings. The van der Waals surface area contributed by atoms with Gasteiger partial charge in [0.2, 0.25) is 6.29 Å². The summed E-state index contributed by atoms with van der Waals surface area (Å²) in [5.74, 6) is -0.770. The Labute approximate surface area is 326 Å². The Morgan fingerprint density at radius 1 is 0.625 bits per heavy atom. The highest BCUT2D eigenvalue weighted by Crippen LogP contribution is 2.33. The Bertz CT molecular complexity index is 1340. The fourth-order valence-electron chi connectivity index (χ4n) is 6.42. The van der Waals surface area contributed by atoms with Gasteiger partial charge in [0.15, 0.2) is 12.6 Å². The lowest BCUT2D eigenvalue weighted by atomic mass is 9.95. The van der Waals surface area contributed by atoms with Crippen molar-refractivity contribution in [1.29, 1.82) is 0 Å². The van der Waals surface area contributed by atoms with E-state index >= 15 is 0 Å². The lowest BCUT2D eigenvalue weighted by Gasteiger charge is -2.47. The number of carbonyl (C=O) groups excluding carboxylic acids is 1. The molecule has 0 amide bonds. The van der Waals surface area contributed by atoms with Crippen LogP contribution < -0.4 is 0 Å². The molecule has 3 aliphatic heterocycles. The van der Waals surface area contributed by atoms with Crippen molar-refractivity contribution in [3.05, 3.63) is 47.6 Å². The number of ether oxygens (including phenoxy) is 6. The lowest BCUT2D eigenvalue weighted by Crippen LogP contribution is -2.65. The summed E-state index contributed by atoms with van der Waals surface area (Å²) in [7, 11) is 0. The van der Waals surface area contributed by atoms with Crippen molar-refractivity contribution in [2.24, 2.45) is 0 Å². The van der Waals surface area contributed by atoms with Crippen LogP contribution in [0.2, 0.25) is 0 Å². The summed E-state index contributed by atoms with van der Waals surface area (Å²) in [5, 5.41) is 111. The molecule has 0 aromatic rings. The summed E-state index contributed by atoms with van der Waals surface area (Å²) in [6.07, 6.45) is -12.3. The summed E-state index contributed by atoms with van der Waals surface area (Å²) in [4.78, 5) is 12.5. The normalized spacial score (nSPS) is 38.6. The maximum absolute atomic E-state index is 12.5. The summed E-state index contributed by atoms with van der Waals surface area (Å²) < 4.78 is 33.6. The van der Waals surface area contributed by atoms with Gasteiger partial charge in [-0.05, 0) is 66.2 Å². The molecule has 3 saturated heterocycles. The van der Waals surface area contributed by atoms with E-state index in [9.17, 15) is 61.0 Å². The van der Waals surface area contributed by atoms with Gasteiger partial charge >= 0.3 is 5.97 Å². The predicted octanol–water partition coefficient (Wildman–Crippen LogP) is -1.91. The molecular weight excluding hydrogens is 744 g/mol. The first kappa shape index (κ1) is 48.2. The molecule has 18 nitrogen and oxygen atoms in total. The molecule has 3 aliphatic rings. The third-order valence-electron chi connectivity index (χ3n) is 10.3. The molecule has 3 rings (SSSR count). The predicted molar refractivity (Wildman–Crippen MR) is 195 cm³/mol. The second-order valence-corrected chi connectivity index (χ2v) is 14.8. The van der Waals surface area contributed by atoms with E-state index in [-0.39, 0.29) is 5.57 Å². The number of esters is 1. The molecule has 56 heavy (non-hydrogen) atoms. The molecular formula is C38H62O18. The number of aliphatic hydroxyl groups excluding tert-OH is 11. The Balaban J connectivity index is 1.51. The molecule has 11 N–H and O–H groups in total. The van der Waals surface area contributed by atoms with E-state index in [1.807, 2.05) is 19.9 Å². The largest absolute Gasteiger partial charge is 0.429 e. The zero-order valence-electron chi connectivity index (χ0n) is 32.3. The number of allylic oxidation sites excluding steroid dienone is 5. The molecule has 0 aromatic carbocycles. The van der Waals surface area contributed by atoms with E-state index < -0.39 is 124 Å². The Kier molecular flexibility index (Phi) is 19.1. The fourth-order valence-corrected chi connectivity index (χ4v) is 6.42. The molecule has 0 bridgehead atoms. The first-order valence-corrected chi connectivity index (χ1v) is 18.8. The Morgan fingerprint density at radius 3 is 1.59 bits per heavy atom. The van der Waals surface area contributed by atoms with Gasteiger partial charge in [-0.2, -0.15) is 0 Å². The van der Waals surface area contributed by atoms with Gasteiger partial charge in [0.25, 0.3) is 0 Å². The third kappa shape index (κ3) is 12.6. The van der Waals surface area contributed by atoms with Crippen molar-refractivity contribution in [3.63, 3.8) is 0 Å². The van der Waals surface area contributed by atoms with E-state index in [0.29, 0.717) is 25.7 Å². The zero-order chi connectivity index (χ0) is 41.9. The molecule has 0 saturated carbocycles. The molecule has 3 heterocycles. The molecule has 0 radical (unpaired) electrons. The van der Waals surface area contributed by atoms with Gasteiger partial charge in [0.1, 0.15) is 73.2 Å². The van der Waals surface area contributed by atoms with Crippen LogP contribution in [0.4, 0.5) is 0 Å². The maximum atomic E-state index is 12.5. The highest BCUT2D eigenvalue weighted by Gasteiger charge is 2.52. The first-order chi connectivity index (χ1) is 26.4. The SMILES string of the molecule is C=C[C@](C)(CC/C=C(\C)CC/C=C(\C)CC/C=C(\C)C(=O)O[C@@H]1O[C@H](CO)[C@@H](O)[C@H](O)[C@H]1O)O[C@@H]1O[C@H](CO)[C@@H](O)[C@H](O)[C@H]1O[C@@H]1O[C@H](CO)[C@@H](O)[C@H](O)[C@H]1O. The van der Waals surface area contributed by atoms with Crippen LogP contribution in [0.1, 0.15) is 66.2 Å². The average Bonchev–Trinajstić information content (AvgIpc) is 3.17. The minimum Gasteiger partial charge on any atom is -0.429 e. The van der Waals surface area contributed by atoms with E-state index in [4.69, 9.17) is 28.4 Å². The second-order valence-electron chi connectivity index (χ2n) is 14.8. The van der Waals surface area contributed by atoms with Crippen LogP contribution in [0.25, 0.3) is 0 Å². The van der Waals surface area contributed by atoms with Crippen LogP contribution in [-0.4, -0.2) is 180 Å². The van der Waals surface area contributed by atoms with Crippen LogP contribution in [-0.2, 0) is 33.2 Å². The standard InChI is InChI=1S/C38H62O18/c1-6-38(5,56-37-33(30(47)27(44)24(18-41)53-37)54-35-31(48)28(45)25(42)22(16-39)51-35)15-9-13-20(3)11-7-10-19(2)12-8-14-21(4)34(50)55-36-32(49)29(46)26(43)23(17-40)52-36/h6,10,13-14,22-33,35-37,39-49H,1,7-9,11-12,15-18H2,2-5H3/b19-10+,20-13+,21-14+/t22-,23-,24-,25-,26-,27-,28+,29+,30+,31-,32-,33-,35+,36+,37+,38-/m1/s1. The van der Waals surface area contributed by atoms with Crippen LogP contribution in [0.3, 0.4) is 0 Å². The topological polar surface area (TPSA) is 295 Å². The summed E-state index contributed by atoms with van der Waals surface area (Å²) >= 11 is 0. The molecule has 16 atom stereocenters. The molecule has 0 unspecified atom stereocenters. The van der Waals surface area contributed by atoms with Crippen LogP contribution in [0.15, 0.2) is 47.6 Å². The van der Waals surface area contributed by atoms with E-state index in [1.54, 1.807) is 19.9 Å². The number of aliphatic hydroxyl groups is 11. The van der Waals surface area contributed by atoms with E-state index in [0.717, 1.165) is 24.0 Å². The van der Waals surface area contributed by atoms with Crippen molar-refractivity contribution < 1.29 is 89.4 Å². The third-order valence-corrected chi connectivity index (χ3v) is 10.3. The minimum atomic E-state index is -1.79. The molecule has 18 heteroatoms. The van der Waals surface area contributed by atoms with Crippen molar-refractivity contribution in [1.82, 2.24) is 0 Å². The maximum Gasteiger partial charge on any atom is 0.335 e. The highest BCUT2D eigenvalue weighted by molar-refractivity contribution is 5.87. The average molecular weight is 807 g/mol. The van der Waals surface area contributed by atoms with Gasteiger partial charge in [0, 0.05) is 5.57 Å². The number of rotatable bonds is 19.